The summed E-state index contributed by atoms with van der Waals surface area (Å²) in [5.41, 5.74) is 0.580. The summed E-state index contributed by atoms with van der Waals surface area (Å²) in [6.45, 7) is 3.47. The molecule has 2 aromatic rings. The van der Waals surface area contributed by atoms with Crippen molar-refractivity contribution in [2.45, 2.75) is 20.0 Å². The fourth-order valence-electron chi connectivity index (χ4n) is 2.17. The Morgan fingerprint density at radius 3 is 2.31 bits per heavy atom. The van der Waals surface area contributed by atoms with Gasteiger partial charge in [-0.2, -0.15) is 13.2 Å². The molecule has 0 spiro atoms. The molecule has 2 N–H and O–H groups in total. The number of ether oxygens (including phenoxy) is 1. The fraction of sp³-hybridized carbons (Fsp3) is 0.235. The Kier molecular flexibility index (Phi) is 6.26. The molecule has 0 bridgehead atoms. The maximum Gasteiger partial charge on any atom is 0.417 e. The van der Waals surface area contributed by atoms with Crippen LogP contribution in [0.25, 0.3) is 0 Å². The molecule has 140 valence electrons. The number of benzene rings is 2. The molecular weight excluding hydrogens is 392 g/mol. The zero-order valence-corrected chi connectivity index (χ0v) is 15.3. The van der Waals surface area contributed by atoms with Gasteiger partial charge in [0.05, 0.1) is 10.6 Å². The highest BCUT2D eigenvalue weighted by molar-refractivity contribution is 6.32. The van der Waals surface area contributed by atoms with Gasteiger partial charge in [0.15, 0.2) is 6.73 Å². The molecule has 2 rings (SSSR count). The number of amides is 2. The van der Waals surface area contributed by atoms with Crippen molar-refractivity contribution >= 4 is 34.9 Å². The Balaban J connectivity index is 1.94. The van der Waals surface area contributed by atoms with E-state index in [4.69, 9.17) is 27.9 Å². The molecule has 0 atom stereocenters. The van der Waals surface area contributed by atoms with Gasteiger partial charge in [-0.15, -0.1) is 0 Å². The molecule has 0 heterocycles. The first-order valence-corrected chi connectivity index (χ1v) is 8.14. The zero-order chi connectivity index (χ0) is 19.5. The van der Waals surface area contributed by atoms with Crippen molar-refractivity contribution in [3.05, 3.63) is 57.1 Å². The minimum Gasteiger partial charge on any atom is -0.473 e. The van der Waals surface area contributed by atoms with Crippen LogP contribution in [0.1, 0.15) is 16.7 Å². The third-order valence-electron chi connectivity index (χ3n) is 3.41. The van der Waals surface area contributed by atoms with Crippen molar-refractivity contribution in [1.29, 1.82) is 0 Å². The lowest BCUT2D eigenvalue weighted by Gasteiger charge is -2.13. The van der Waals surface area contributed by atoms with E-state index in [2.05, 4.69) is 10.6 Å². The molecule has 26 heavy (non-hydrogen) atoms. The molecule has 0 saturated carbocycles. The molecule has 0 unspecified atom stereocenters. The monoisotopic (exact) mass is 406 g/mol. The number of carbonyl (C=O) groups is 1. The van der Waals surface area contributed by atoms with Gasteiger partial charge in [-0.05, 0) is 55.3 Å². The molecule has 0 aromatic heterocycles. The number of alkyl halides is 3. The van der Waals surface area contributed by atoms with Crippen LogP contribution in [0.15, 0.2) is 30.3 Å². The van der Waals surface area contributed by atoms with E-state index in [0.717, 1.165) is 23.3 Å². The molecule has 2 amide bonds. The SMILES string of the molecule is Cc1cc(OCNC(=O)Nc2ccc(Cl)c(C(F)(F)F)c2)cc(C)c1Cl. The van der Waals surface area contributed by atoms with Gasteiger partial charge in [-0.3, -0.25) is 0 Å². The Morgan fingerprint density at radius 1 is 1.12 bits per heavy atom. The molecular formula is C17H15Cl2F3N2O2. The summed E-state index contributed by atoms with van der Waals surface area (Å²) >= 11 is 11.6. The molecule has 0 radical (unpaired) electrons. The normalized spacial score (nSPS) is 11.2. The van der Waals surface area contributed by atoms with E-state index in [1.54, 1.807) is 12.1 Å². The number of hydrogen-bond donors (Lipinski definition) is 2. The van der Waals surface area contributed by atoms with Crippen molar-refractivity contribution < 1.29 is 22.7 Å². The third-order valence-corrected chi connectivity index (χ3v) is 4.34. The van der Waals surface area contributed by atoms with E-state index < -0.39 is 22.8 Å². The van der Waals surface area contributed by atoms with Crippen LogP contribution in [0.3, 0.4) is 0 Å². The molecule has 0 aliphatic heterocycles. The number of halogens is 5. The van der Waals surface area contributed by atoms with E-state index in [0.29, 0.717) is 10.8 Å². The van der Waals surface area contributed by atoms with Crippen LogP contribution in [-0.4, -0.2) is 12.8 Å². The van der Waals surface area contributed by atoms with Crippen LogP contribution in [0.5, 0.6) is 5.75 Å². The lowest BCUT2D eigenvalue weighted by molar-refractivity contribution is -0.137. The van der Waals surface area contributed by atoms with Crippen molar-refractivity contribution in [3.63, 3.8) is 0 Å². The molecule has 0 aliphatic carbocycles. The number of carbonyl (C=O) groups excluding carboxylic acids is 1. The summed E-state index contributed by atoms with van der Waals surface area (Å²) in [6.07, 6.45) is -4.61. The summed E-state index contributed by atoms with van der Waals surface area (Å²) in [4.78, 5) is 11.8. The van der Waals surface area contributed by atoms with Crippen LogP contribution in [0.4, 0.5) is 23.7 Å². The Labute approximate surface area is 158 Å². The van der Waals surface area contributed by atoms with Gasteiger partial charge in [0, 0.05) is 10.7 Å². The highest BCUT2D eigenvalue weighted by Gasteiger charge is 2.33. The number of urea groups is 1. The van der Waals surface area contributed by atoms with Crippen molar-refractivity contribution in [3.8, 4) is 5.75 Å². The minimum atomic E-state index is -4.61. The second-order valence-electron chi connectivity index (χ2n) is 5.48. The molecule has 0 aliphatic rings. The number of anilines is 1. The number of rotatable bonds is 4. The summed E-state index contributed by atoms with van der Waals surface area (Å²) in [5, 5.41) is 4.86. The van der Waals surface area contributed by atoms with Gasteiger partial charge in [0.2, 0.25) is 0 Å². The maximum atomic E-state index is 12.8. The van der Waals surface area contributed by atoms with Gasteiger partial charge in [0.25, 0.3) is 0 Å². The van der Waals surface area contributed by atoms with Gasteiger partial charge < -0.3 is 15.4 Å². The fourth-order valence-corrected chi connectivity index (χ4v) is 2.50. The van der Waals surface area contributed by atoms with Crippen LogP contribution in [0, 0.1) is 13.8 Å². The van der Waals surface area contributed by atoms with Crippen molar-refractivity contribution in [1.82, 2.24) is 5.32 Å². The Morgan fingerprint density at radius 2 is 1.73 bits per heavy atom. The number of hydrogen-bond acceptors (Lipinski definition) is 2. The summed E-state index contributed by atoms with van der Waals surface area (Å²) < 4.78 is 43.8. The van der Waals surface area contributed by atoms with Gasteiger partial charge in [-0.1, -0.05) is 23.2 Å². The van der Waals surface area contributed by atoms with E-state index in [1.165, 1.54) is 6.07 Å². The smallest absolute Gasteiger partial charge is 0.417 e. The first kappa shape index (κ1) is 20.2. The predicted octanol–water partition coefficient (Wildman–Crippen LogP) is 5.79. The first-order chi connectivity index (χ1) is 12.1. The van der Waals surface area contributed by atoms with Crippen LogP contribution in [0.2, 0.25) is 10.0 Å². The Hall–Kier alpha value is -2.12. The second kappa shape index (κ2) is 8.05. The van der Waals surface area contributed by atoms with Crippen LogP contribution < -0.4 is 15.4 Å². The quantitative estimate of drug-likeness (QED) is 0.631. The van der Waals surface area contributed by atoms with E-state index >= 15 is 0 Å². The average molecular weight is 407 g/mol. The van der Waals surface area contributed by atoms with Gasteiger partial charge in [-0.25, -0.2) is 4.79 Å². The Bertz CT molecular complexity index is 803. The number of aryl methyl sites for hydroxylation is 2. The van der Waals surface area contributed by atoms with Gasteiger partial charge >= 0.3 is 12.2 Å². The van der Waals surface area contributed by atoms with Crippen LogP contribution in [-0.2, 0) is 6.18 Å². The molecule has 9 heteroatoms. The van der Waals surface area contributed by atoms with E-state index in [9.17, 15) is 18.0 Å². The third kappa shape index (κ3) is 5.19. The largest absolute Gasteiger partial charge is 0.473 e. The summed E-state index contributed by atoms with van der Waals surface area (Å²) in [6, 6.07) is 5.80. The number of nitrogens with one attached hydrogen (secondary N) is 2. The lowest BCUT2D eigenvalue weighted by atomic mass is 10.1. The zero-order valence-electron chi connectivity index (χ0n) is 13.8. The van der Waals surface area contributed by atoms with E-state index in [1.807, 2.05) is 13.8 Å². The summed E-state index contributed by atoms with van der Waals surface area (Å²) in [5.74, 6) is 0.510. The molecule has 0 fully saturated rings. The highest BCUT2D eigenvalue weighted by Crippen LogP contribution is 2.36. The maximum absolute atomic E-state index is 12.8. The topological polar surface area (TPSA) is 50.4 Å². The molecule has 2 aromatic carbocycles. The second-order valence-corrected chi connectivity index (χ2v) is 6.27. The highest BCUT2D eigenvalue weighted by atomic mass is 35.5. The van der Waals surface area contributed by atoms with Crippen molar-refractivity contribution in [2.75, 3.05) is 12.0 Å². The van der Waals surface area contributed by atoms with Gasteiger partial charge in [0.1, 0.15) is 5.75 Å². The van der Waals surface area contributed by atoms with Crippen molar-refractivity contribution in [2.24, 2.45) is 0 Å². The molecule has 4 nitrogen and oxygen atoms in total. The van der Waals surface area contributed by atoms with Crippen LogP contribution >= 0.6 is 23.2 Å². The first-order valence-electron chi connectivity index (χ1n) is 7.39. The summed E-state index contributed by atoms with van der Waals surface area (Å²) in [7, 11) is 0. The standard InChI is InChI=1S/C17H15Cl2F3N2O2/c1-9-5-12(6-10(2)15(9)19)26-8-23-16(25)24-11-3-4-14(18)13(7-11)17(20,21)22/h3-7H,8H2,1-2H3,(H2,23,24,25). The lowest BCUT2D eigenvalue weighted by Crippen LogP contribution is -2.32. The molecule has 0 saturated heterocycles. The average Bonchev–Trinajstić information content (AvgIpc) is 2.53. The van der Waals surface area contributed by atoms with E-state index in [-0.39, 0.29) is 12.4 Å². The predicted molar refractivity (Wildman–Crippen MR) is 95.0 cm³/mol. The minimum absolute atomic E-state index is 0.0441.